The van der Waals surface area contributed by atoms with Gasteiger partial charge in [-0.2, -0.15) is 5.26 Å². The fourth-order valence-electron chi connectivity index (χ4n) is 1.69. The molecule has 0 bridgehead atoms. The smallest absolute Gasteiger partial charge is 0.280 e. The second-order valence-corrected chi connectivity index (χ2v) is 3.78. The SMILES string of the molecule is CC1COc2ccc([N+](=O)[O-])c(C=CC#N)c2O1. The van der Waals surface area contributed by atoms with E-state index < -0.39 is 4.92 Å². The van der Waals surface area contributed by atoms with Crippen LogP contribution in [0.1, 0.15) is 12.5 Å². The Balaban J connectivity index is 2.60. The molecule has 2 rings (SSSR count). The summed E-state index contributed by atoms with van der Waals surface area (Å²) in [5.41, 5.74) is 0.142. The van der Waals surface area contributed by atoms with Crippen molar-refractivity contribution in [3.05, 3.63) is 33.9 Å². The molecule has 6 nitrogen and oxygen atoms in total. The lowest BCUT2D eigenvalue weighted by Crippen LogP contribution is -2.26. The summed E-state index contributed by atoms with van der Waals surface area (Å²) in [6.07, 6.45) is 2.35. The van der Waals surface area contributed by atoms with Crippen LogP contribution in [-0.4, -0.2) is 17.6 Å². The van der Waals surface area contributed by atoms with E-state index in [4.69, 9.17) is 14.7 Å². The van der Waals surface area contributed by atoms with Crippen LogP contribution < -0.4 is 9.47 Å². The van der Waals surface area contributed by atoms with Gasteiger partial charge in [-0.3, -0.25) is 10.1 Å². The fraction of sp³-hybridized carbons (Fsp3) is 0.250. The van der Waals surface area contributed by atoms with E-state index >= 15 is 0 Å². The third-order valence-corrected chi connectivity index (χ3v) is 2.45. The number of hydrogen-bond donors (Lipinski definition) is 0. The van der Waals surface area contributed by atoms with E-state index in [-0.39, 0.29) is 17.4 Å². The Kier molecular flexibility index (Phi) is 3.15. The molecule has 6 heteroatoms. The number of hydrogen-bond acceptors (Lipinski definition) is 5. The van der Waals surface area contributed by atoms with Crippen LogP contribution >= 0.6 is 0 Å². The van der Waals surface area contributed by atoms with Gasteiger partial charge in [0.2, 0.25) is 0 Å². The highest BCUT2D eigenvalue weighted by Crippen LogP contribution is 2.40. The summed E-state index contributed by atoms with van der Waals surface area (Å²) < 4.78 is 11.0. The molecule has 0 saturated heterocycles. The number of nitro benzene ring substituents is 1. The van der Waals surface area contributed by atoms with E-state index in [1.165, 1.54) is 24.3 Å². The zero-order valence-electron chi connectivity index (χ0n) is 9.62. The molecule has 0 fully saturated rings. The first kappa shape index (κ1) is 11.9. The molecule has 1 aromatic rings. The number of nitro groups is 1. The Bertz CT molecular complexity index is 560. The van der Waals surface area contributed by atoms with Crippen molar-refractivity contribution in [1.29, 1.82) is 5.26 Å². The van der Waals surface area contributed by atoms with Gasteiger partial charge in [0.25, 0.3) is 5.69 Å². The van der Waals surface area contributed by atoms with Crippen molar-refractivity contribution in [3.8, 4) is 17.6 Å². The van der Waals surface area contributed by atoms with Crippen LogP contribution in [0.2, 0.25) is 0 Å². The lowest BCUT2D eigenvalue weighted by Gasteiger charge is -2.25. The lowest BCUT2D eigenvalue weighted by molar-refractivity contribution is -0.385. The zero-order valence-corrected chi connectivity index (χ0v) is 9.62. The third-order valence-electron chi connectivity index (χ3n) is 2.45. The molecule has 1 aliphatic heterocycles. The van der Waals surface area contributed by atoms with E-state index in [0.717, 1.165) is 0 Å². The Morgan fingerprint density at radius 1 is 1.61 bits per heavy atom. The Hall–Kier alpha value is -2.55. The molecular formula is C12H10N2O4. The average Bonchev–Trinajstić information content (AvgIpc) is 2.35. The van der Waals surface area contributed by atoms with Crippen LogP contribution in [0.25, 0.3) is 6.08 Å². The van der Waals surface area contributed by atoms with Gasteiger partial charge in [0.05, 0.1) is 16.6 Å². The van der Waals surface area contributed by atoms with Crippen LogP contribution in [0.15, 0.2) is 18.2 Å². The number of ether oxygens (including phenoxy) is 2. The number of fused-ring (bicyclic) bond motifs is 1. The molecule has 0 spiro atoms. The van der Waals surface area contributed by atoms with Crippen molar-refractivity contribution in [1.82, 2.24) is 0 Å². The van der Waals surface area contributed by atoms with Crippen molar-refractivity contribution < 1.29 is 14.4 Å². The summed E-state index contributed by atoms with van der Waals surface area (Å²) in [7, 11) is 0. The maximum Gasteiger partial charge on any atom is 0.280 e. The second kappa shape index (κ2) is 4.75. The van der Waals surface area contributed by atoms with Gasteiger partial charge in [-0.05, 0) is 19.1 Å². The molecule has 0 aliphatic carbocycles. The first-order chi connectivity index (χ1) is 8.63. The Labute approximate surface area is 103 Å². The van der Waals surface area contributed by atoms with E-state index in [1.807, 2.05) is 0 Å². The minimum Gasteiger partial charge on any atom is -0.486 e. The van der Waals surface area contributed by atoms with Crippen LogP contribution in [0.4, 0.5) is 5.69 Å². The quantitative estimate of drug-likeness (QED) is 0.454. The van der Waals surface area contributed by atoms with E-state index in [0.29, 0.717) is 18.1 Å². The highest BCUT2D eigenvalue weighted by molar-refractivity contribution is 5.72. The predicted molar refractivity (Wildman–Crippen MR) is 63.3 cm³/mol. The zero-order chi connectivity index (χ0) is 13.1. The molecule has 1 heterocycles. The lowest BCUT2D eigenvalue weighted by atomic mass is 10.1. The van der Waals surface area contributed by atoms with Crippen molar-refractivity contribution in [3.63, 3.8) is 0 Å². The Morgan fingerprint density at radius 2 is 2.39 bits per heavy atom. The van der Waals surface area contributed by atoms with Crippen molar-refractivity contribution in [2.24, 2.45) is 0 Å². The molecule has 1 aromatic carbocycles. The van der Waals surface area contributed by atoms with Crippen LogP contribution in [0.5, 0.6) is 11.5 Å². The van der Waals surface area contributed by atoms with Crippen LogP contribution in [0.3, 0.4) is 0 Å². The van der Waals surface area contributed by atoms with Crippen molar-refractivity contribution in [2.45, 2.75) is 13.0 Å². The maximum atomic E-state index is 10.9. The van der Waals surface area contributed by atoms with Crippen LogP contribution in [-0.2, 0) is 0 Å². The van der Waals surface area contributed by atoms with E-state index in [1.54, 1.807) is 13.0 Å². The monoisotopic (exact) mass is 246 g/mol. The molecule has 1 unspecified atom stereocenters. The number of nitriles is 1. The van der Waals surface area contributed by atoms with Crippen LogP contribution in [0, 0.1) is 21.4 Å². The summed E-state index contributed by atoms with van der Waals surface area (Å²) in [5.74, 6) is 0.769. The van der Waals surface area contributed by atoms with Gasteiger partial charge in [0.15, 0.2) is 11.5 Å². The molecule has 0 aromatic heterocycles. The molecule has 1 atom stereocenters. The number of nitrogens with zero attached hydrogens (tertiary/aromatic N) is 2. The van der Waals surface area contributed by atoms with E-state index in [9.17, 15) is 10.1 Å². The first-order valence-corrected chi connectivity index (χ1v) is 5.30. The number of allylic oxidation sites excluding steroid dienone is 1. The van der Waals surface area contributed by atoms with E-state index in [2.05, 4.69) is 0 Å². The standard InChI is InChI=1S/C12H10N2O4/c1-8-7-17-11-5-4-10(14(15)16)9(3-2-6-13)12(11)18-8/h2-5,8H,7H2,1H3. The second-order valence-electron chi connectivity index (χ2n) is 3.78. The fourth-order valence-corrected chi connectivity index (χ4v) is 1.69. The molecule has 92 valence electrons. The molecule has 0 radical (unpaired) electrons. The molecule has 0 N–H and O–H groups in total. The molecule has 18 heavy (non-hydrogen) atoms. The molecule has 0 amide bonds. The van der Waals surface area contributed by atoms with Gasteiger partial charge < -0.3 is 9.47 Å². The van der Waals surface area contributed by atoms with Gasteiger partial charge in [-0.15, -0.1) is 0 Å². The van der Waals surface area contributed by atoms with Gasteiger partial charge >= 0.3 is 0 Å². The first-order valence-electron chi connectivity index (χ1n) is 5.30. The minimum absolute atomic E-state index is 0.113. The topological polar surface area (TPSA) is 85.4 Å². The van der Waals surface area contributed by atoms with Gasteiger partial charge in [-0.25, -0.2) is 0 Å². The Morgan fingerprint density at radius 3 is 3.06 bits per heavy atom. The molecule has 1 aliphatic rings. The maximum absolute atomic E-state index is 10.9. The normalized spacial score (nSPS) is 17.4. The average molecular weight is 246 g/mol. The summed E-state index contributed by atoms with van der Waals surface area (Å²) in [4.78, 5) is 10.4. The summed E-state index contributed by atoms with van der Waals surface area (Å²) in [5, 5.41) is 19.5. The predicted octanol–water partition coefficient (Wildman–Crippen LogP) is 2.29. The minimum atomic E-state index is -0.514. The third kappa shape index (κ3) is 2.11. The summed E-state index contributed by atoms with van der Waals surface area (Å²) in [6, 6.07) is 4.65. The molecule has 0 saturated carbocycles. The summed E-state index contributed by atoms with van der Waals surface area (Å²) in [6.45, 7) is 2.20. The van der Waals surface area contributed by atoms with Gasteiger partial charge in [0.1, 0.15) is 12.7 Å². The highest BCUT2D eigenvalue weighted by atomic mass is 16.6. The van der Waals surface area contributed by atoms with Gasteiger partial charge in [-0.1, -0.05) is 0 Å². The van der Waals surface area contributed by atoms with Gasteiger partial charge in [0, 0.05) is 12.1 Å². The molecular weight excluding hydrogens is 236 g/mol. The largest absolute Gasteiger partial charge is 0.486 e. The van der Waals surface area contributed by atoms with Crippen molar-refractivity contribution in [2.75, 3.05) is 6.61 Å². The van der Waals surface area contributed by atoms with Crippen molar-refractivity contribution >= 4 is 11.8 Å². The number of rotatable bonds is 2. The summed E-state index contributed by atoms with van der Waals surface area (Å²) >= 11 is 0. The highest BCUT2D eigenvalue weighted by Gasteiger charge is 2.26. The number of benzene rings is 1.